The molecule has 0 aliphatic heterocycles. The summed E-state index contributed by atoms with van der Waals surface area (Å²) in [5, 5.41) is 6.96. The standard InChI is InChI=1S/C17H24N2S/c1-3-9-18-16(13-17-19-10-11-20-17)8-7-15-6-4-5-14(2)12-15/h4-6,10-12,16,18H,3,7-9,13H2,1-2H3. The second-order valence-electron chi connectivity index (χ2n) is 5.31. The molecule has 1 aromatic carbocycles. The van der Waals surface area contributed by atoms with Crippen molar-refractivity contribution in [1.29, 1.82) is 0 Å². The van der Waals surface area contributed by atoms with E-state index in [1.807, 2.05) is 6.20 Å². The zero-order valence-corrected chi connectivity index (χ0v) is 13.2. The molecule has 2 rings (SSSR count). The van der Waals surface area contributed by atoms with Gasteiger partial charge in [0.05, 0.1) is 5.01 Å². The maximum atomic E-state index is 4.41. The van der Waals surface area contributed by atoms with Crippen LogP contribution in [0.5, 0.6) is 0 Å². The molecule has 0 spiro atoms. The summed E-state index contributed by atoms with van der Waals surface area (Å²) in [5.74, 6) is 0. The highest BCUT2D eigenvalue weighted by Crippen LogP contribution is 2.13. The Balaban J connectivity index is 1.89. The third kappa shape index (κ3) is 5.06. The SMILES string of the molecule is CCCNC(CCc1cccc(C)c1)Cc1nccs1. The fraction of sp³-hybridized carbons (Fsp3) is 0.471. The Morgan fingerprint density at radius 2 is 2.25 bits per heavy atom. The van der Waals surface area contributed by atoms with Crippen molar-refractivity contribution in [2.24, 2.45) is 0 Å². The Labute approximate surface area is 126 Å². The predicted molar refractivity (Wildman–Crippen MR) is 87.4 cm³/mol. The van der Waals surface area contributed by atoms with Crippen LogP contribution < -0.4 is 5.32 Å². The predicted octanol–water partition coefficient (Wildman–Crippen LogP) is 4.00. The van der Waals surface area contributed by atoms with Crippen molar-refractivity contribution in [3.63, 3.8) is 0 Å². The highest BCUT2D eigenvalue weighted by atomic mass is 32.1. The Kier molecular flexibility index (Phi) is 6.22. The third-order valence-electron chi connectivity index (χ3n) is 3.45. The molecule has 20 heavy (non-hydrogen) atoms. The summed E-state index contributed by atoms with van der Waals surface area (Å²) in [5.41, 5.74) is 2.79. The fourth-order valence-electron chi connectivity index (χ4n) is 2.40. The van der Waals surface area contributed by atoms with Gasteiger partial charge in [0, 0.05) is 24.0 Å². The van der Waals surface area contributed by atoms with Crippen molar-refractivity contribution in [1.82, 2.24) is 10.3 Å². The number of nitrogens with one attached hydrogen (secondary N) is 1. The van der Waals surface area contributed by atoms with Gasteiger partial charge in [0.15, 0.2) is 0 Å². The first-order valence-electron chi connectivity index (χ1n) is 7.45. The minimum absolute atomic E-state index is 0.529. The van der Waals surface area contributed by atoms with Crippen molar-refractivity contribution >= 4 is 11.3 Å². The van der Waals surface area contributed by atoms with E-state index in [4.69, 9.17) is 0 Å². The largest absolute Gasteiger partial charge is 0.314 e. The Bertz CT molecular complexity index is 493. The van der Waals surface area contributed by atoms with Crippen LogP contribution >= 0.6 is 11.3 Å². The lowest BCUT2D eigenvalue weighted by atomic mass is 10.0. The number of rotatable bonds is 8. The lowest BCUT2D eigenvalue weighted by Crippen LogP contribution is -2.32. The van der Waals surface area contributed by atoms with E-state index in [-0.39, 0.29) is 0 Å². The van der Waals surface area contributed by atoms with E-state index in [1.54, 1.807) is 11.3 Å². The minimum Gasteiger partial charge on any atom is -0.314 e. The molecular formula is C17H24N2S. The lowest BCUT2D eigenvalue weighted by molar-refractivity contribution is 0.477. The average molecular weight is 288 g/mol. The second kappa shape index (κ2) is 8.18. The van der Waals surface area contributed by atoms with Gasteiger partial charge in [-0.1, -0.05) is 36.8 Å². The van der Waals surface area contributed by atoms with Crippen molar-refractivity contribution in [2.45, 2.75) is 45.6 Å². The van der Waals surface area contributed by atoms with Gasteiger partial charge in [-0.25, -0.2) is 4.98 Å². The van der Waals surface area contributed by atoms with E-state index in [2.05, 4.69) is 53.8 Å². The van der Waals surface area contributed by atoms with Gasteiger partial charge < -0.3 is 5.32 Å². The minimum atomic E-state index is 0.529. The maximum absolute atomic E-state index is 4.41. The molecule has 1 aromatic heterocycles. The zero-order valence-electron chi connectivity index (χ0n) is 12.4. The molecule has 1 unspecified atom stereocenters. The van der Waals surface area contributed by atoms with Crippen molar-refractivity contribution in [3.8, 4) is 0 Å². The molecule has 2 aromatic rings. The fourth-order valence-corrected chi connectivity index (χ4v) is 3.10. The molecule has 0 amide bonds. The van der Waals surface area contributed by atoms with Crippen LogP contribution in [-0.2, 0) is 12.8 Å². The first-order valence-corrected chi connectivity index (χ1v) is 8.33. The van der Waals surface area contributed by atoms with E-state index >= 15 is 0 Å². The summed E-state index contributed by atoms with van der Waals surface area (Å²) in [6.07, 6.45) is 6.43. The van der Waals surface area contributed by atoms with Crippen LogP contribution in [0.4, 0.5) is 0 Å². The number of aromatic nitrogens is 1. The normalized spacial score (nSPS) is 12.5. The highest BCUT2D eigenvalue weighted by Gasteiger charge is 2.10. The van der Waals surface area contributed by atoms with E-state index in [0.29, 0.717) is 6.04 Å². The topological polar surface area (TPSA) is 24.9 Å². The van der Waals surface area contributed by atoms with Crippen LogP contribution in [0.15, 0.2) is 35.8 Å². The van der Waals surface area contributed by atoms with Crippen LogP contribution in [0, 0.1) is 6.92 Å². The monoisotopic (exact) mass is 288 g/mol. The number of benzene rings is 1. The molecule has 1 heterocycles. The lowest BCUT2D eigenvalue weighted by Gasteiger charge is -2.17. The summed E-state index contributed by atoms with van der Waals surface area (Å²) in [7, 11) is 0. The van der Waals surface area contributed by atoms with E-state index in [0.717, 1.165) is 19.4 Å². The molecule has 0 fully saturated rings. The second-order valence-corrected chi connectivity index (χ2v) is 6.29. The summed E-state index contributed by atoms with van der Waals surface area (Å²) >= 11 is 1.76. The third-order valence-corrected chi connectivity index (χ3v) is 4.25. The summed E-state index contributed by atoms with van der Waals surface area (Å²) in [6.45, 7) is 5.46. The number of thiazole rings is 1. The van der Waals surface area contributed by atoms with E-state index in [1.165, 1.54) is 29.0 Å². The number of aryl methyl sites for hydroxylation is 2. The highest BCUT2D eigenvalue weighted by molar-refractivity contribution is 7.09. The maximum Gasteiger partial charge on any atom is 0.0940 e. The van der Waals surface area contributed by atoms with Crippen molar-refractivity contribution < 1.29 is 0 Å². The van der Waals surface area contributed by atoms with Gasteiger partial charge in [0.25, 0.3) is 0 Å². The van der Waals surface area contributed by atoms with Crippen LogP contribution in [0.2, 0.25) is 0 Å². The molecule has 3 heteroatoms. The van der Waals surface area contributed by atoms with E-state index < -0.39 is 0 Å². The van der Waals surface area contributed by atoms with Gasteiger partial charge in [-0.15, -0.1) is 11.3 Å². The number of hydrogen-bond donors (Lipinski definition) is 1. The van der Waals surface area contributed by atoms with Crippen molar-refractivity contribution in [3.05, 3.63) is 52.0 Å². The summed E-state index contributed by atoms with van der Waals surface area (Å²) < 4.78 is 0. The Morgan fingerprint density at radius 3 is 2.95 bits per heavy atom. The molecule has 0 bridgehead atoms. The molecule has 0 aliphatic carbocycles. The molecular weight excluding hydrogens is 264 g/mol. The molecule has 0 saturated heterocycles. The van der Waals surface area contributed by atoms with Crippen LogP contribution in [0.25, 0.3) is 0 Å². The summed E-state index contributed by atoms with van der Waals surface area (Å²) in [4.78, 5) is 4.41. The van der Waals surface area contributed by atoms with Gasteiger partial charge in [0.1, 0.15) is 0 Å². The Morgan fingerprint density at radius 1 is 1.35 bits per heavy atom. The number of hydrogen-bond acceptors (Lipinski definition) is 3. The Hall–Kier alpha value is -1.19. The molecule has 2 nitrogen and oxygen atoms in total. The molecule has 0 aliphatic rings. The first kappa shape index (κ1) is 15.2. The smallest absolute Gasteiger partial charge is 0.0940 e. The molecule has 1 N–H and O–H groups in total. The van der Waals surface area contributed by atoms with Crippen molar-refractivity contribution in [2.75, 3.05) is 6.54 Å². The van der Waals surface area contributed by atoms with Crippen LogP contribution in [0.1, 0.15) is 35.9 Å². The molecule has 0 radical (unpaired) electrons. The quantitative estimate of drug-likeness (QED) is 0.794. The number of nitrogens with zero attached hydrogens (tertiary/aromatic N) is 1. The molecule has 0 saturated carbocycles. The summed E-state index contributed by atoms with van der Waals surface area (Å²) in [6, 6.07) is 9.36. The van der Waals surface area contributed by atoms with E-state index in [9.17, 15) is 0 Å². The average Bonchev–Trinajstić information content (AvgIpc) is 2.95. The van der Waals surface area contributed by atoms with Gasteiger partial charge in [-0.05, 0) is 38.3 Å². The molecule has 1 atom stereocenters. The molecule has 108 valence electrons. The van der Waals surface area contributed by atoms with Gasteiger partial charge in [-0.3, -0.25) is 0 Å². The van der Waals surface area contributed by atoms with Gasteiger partial charge in [-0.2, -0.15) is 0 Å². The van der Waals surface area contributed by atoms with Gasteiger partial charge in [0.2, 0.25) is 0 Å². The van der Waals surface area contributed by atoms with Crippen LogP contribution in [0.3, 0.4) is 0 Å². The van der Waals surface area contributed by atoms with Crippen LogP contribution in [-0.4, -0.2) is 17.6 Å². The zero-order chi connectivity index (χ0) is 14.2. The first-order chi connectivity index (χ1) is 9.78. The van der Waals surface area contributed by atoms with Gasteiger partial charge >= 0.3 is 0 Å².